The zero-order chi connectivity index (χ0) is 16.9. The number of carbonyl (C=O) groups excluding carboxylic acids is 1. The minimum absolute atomic E-state index is 0.163. The summed E-state index contributed by atoms with van der Waals surface area (Å²) in [6, 6.07) is 1.94. The SMILES string of the molecule is CCOC(=O)CN1CCN(c2cc(-n3cc(C)cn3)ncn2)CC1. The highest BCUT2D eigenvalue weighted by Gasteiger charge is 2.20. The summed E-state index contributed by atoms with van der Waals surface area (Å²) >= 11 is 0. The van der Waals surface area contributed by atoms with E-state index in [1.165, 1.54) is 0 Å². The van der Waals surface area contributed by atoms with Crippen LogP contribution in [0.2, 0.25) is 0 Å². The summed E-state index contributed by atoms with van der Waals surface area (Å²) in [5.41, 5.74) is 1.09. The topological polar surface area (TPSA) is 76.4 Å². The van der Waals surface area contributed by atoms with E-state index in [1.807, 2.05) is 26.1 Å². The average Bonchev–Trinajstić information content (AvgIpc) is 3.02. The molecule has 3 rings (SSSR count). The van der Waals surface area contributed by atoms with Gasteiger partial charge in [0.2, 0.25) is 0 Å². The van der Waals surface area contributed by atoms with Gasteiger partial charge in [-0.25, -0.2) is 14.6 Å². The smallest absolute Gasteiger partial charge is 0.320 e. The number of esters is 1. The lowest BCUT2D eigenvalue weighted by atomic mass is 10.3. The Bertz CT molecular complexity index is 693. The van der Waals surface area contributed by atoms with Gasteiger partial charge in [0.25, 0.3) is 0 Å². The van der Waals surface area contributed by atoms with Crippen LogP contribution in [0.25, 0.3) is 5.82 Å². The first-order valence-corrected chi connectivity index (χ1v) is 8.12. The van der Waals surface area contributed by atoms with Gasteiger partial charge in [-0.3, -0.25) is 9.69 Å². The molecule has 0 spiro atoms. The van der Waals surface area contributed by atoms with E-state index in [-0.39, 0.29) is 5.97 Å². The number of anilines is 1. The molecule has 0 amide bonds. The van der Waals surface area contributed by atoms with Crippen molar-refractivity contribution in [3.63, 3.8) is 0 Å². The molecule has 2 aromatic heterocycles. The normalized spacial score (nSPS) is 15.5. The van der Waals surface area contributed by atoms with Crippen molar-refractivity contribution in [3.8, 4) is 5.82 Å². The molecule has 0 unspecified atom stereocenters. The lowest BCUT2D eigenvalue weighted by Gasteiger charge is -2.34. The third-order valence-corrected chi connectivity index (χ3v) is 3.94. The summed E-state index contributed by atoms with van der Waals surface area (Å²) in [6.45, 7) is 7.83. The number of nitrogens with zero attached hydrogens (tertiary/aromatic N) is 6. The van der Waals surface area contributed by atoms with E-state index in [9.17, 15) is 4.79 Å². The molecule has 0 radical (unpaired) electrons. The Morgan fingerprint density at radius 2 is 1.96 bits per heavy atom. The quantitative estimate of drug-likeness (QED) is 0.745. The first-order valence-electron chi connectivity index (χ1n) is 8.12. The fourth-order valence-corrected chi connectivity index (χ4v) is 2.70. The van der Waals surface area contributed by atoms with Gasteiger partial charge in [0, 0.05) is 38.4 Å². The maximum absolute atomic E-state index is 11.6. The molecule has 1 aliphatic rings. The Morgan fingerprint density at radius 1 is 1.21 bits per heavy atom. The van der Waals surface area contributed by atoms with Crippen LogP contribution in [-0.2, 0) is 9.53 Å². The van der Waals surface area contributed by atoms with Crippen molar-refractivity contribution in [1.29, 1.82) is 0 Å². The standard InChI is InChI=1S/C16H22N6O2/c1-3-24-16(23)11-20-4-6-21(7-5-20)14-8-15(18-12-17-14)22-10-13(2)9-19-22/h8-10,12H,3-7,11H2,1-2H3. The number of aryl methyl sites for hydroxylation is 1. The number of piperazine rings is 1. The van der Waals surface area contributed by atoms with Gasteiger partial charge in [0.05, 0.1) is 19.3 Å². The molecule has 0 aliphatic carbocycles. The van der Waals surface area contributed by atoms with E-state index in [1.54, 1.807) is 17.2 Å². The molecule has 8 nitrogen and oxygen atoms in total. The molecule has 1 aliphatic heterocycles. The number of carbonyl (C=O) groups is 1. The molecule has 0 bridgehead atoms. The van der Waals surface area contributed by atoms with E-state index in [2.05, 4.69) is 24.9 Å². The van der Waals surface area contributed by atoms with Crippen molar-refractivity contribution in [1.82, 2.24) is 24.6 Å². The highest BCUT2D eigenvalue weighted by molar-refractivity contribution is 5.71. The molecule has 0 saturated carbocycles. The maximum atomic E-state index is 11.6. The summed E-state index contributed by atoms with van der Waals surface area (Å²) in [6.07, 6.45) is 5.30. The van der Waals surface area contributed by atoms with Gasteiger partial charge in [0.15, 0.2) is 5.82 Å². The van der Waals surface area contributed by atoms with Crippen LogP contribution in [-0.4, -0.2) is 69.9 Å². The maximum Gasteiger partial charge on any atom is 0.320 e. The first-order chi connectivity index (χ1) is 11.7. The Balaban J connectivity index is 1.61. The summed E-state index contributed by atoms with van der Waals surface area (Å²) < 4.78 is 6.75. The van der Waals surface area contributed by atoms with Crippen LogP contribution in [0.5, 0.6) is 0 Å². The van der Waals surface area contributed by atoms with Gasteiger partial charge in [-0.05, 0) is 19.4 Å². The van der Waals surface area contributed by atoms with Crippen LogP contribution < -0.4 is 4.90 Å². The Labute approximate surface area is 141 Å². The molecule has 0 N–H and O–H groups in total. The van der Waals surface area contributed by atoms with Crippen molar-refractivity contribution in [2.24, 2.45) is 0 Å². The monoisotopic (exact) mass is 330 g/mol. The van der Waals surface area contributed by atoms with Crippen molar-refractivity contribution in [2.45, 2.75) is 13.8 Å². The van der Waals surface area contributed by atoms with Crippen molar-refractivity contribution < 1.29 is 9.53 Å². The fraction of sp³-hybridized carbons (Fsp3) is 0.500. The molecule has 0 atom stereocenters. The van der Waals surface area contributed by atoms with Crippen molar-refractivity contribution >= 4 is 11.8 Å². The zero-order valence-electron chi connectivity index (χ0n) is 14.1. The molecule has 128 valence electrons. The van der Waals surface area contributed by atoms with E-state index < -0.39 is 0 Å². The van der Waals surface area contributed by atoms with Crippen LogP contribution in [0.4, 0.5) is 5.82 Å². The van der Waals surface area contributed by atoms with E-state index in [0.717, 1.165) is 43.4 Å². The van der Waals surface area contributed by atoms with Crippen LogP contribution in [0.15, 0.2) is 24.8 Å². The number of hydrogen-bond acceptors (Lipinski definition) is 7. The minimum atomic E-state index is -0.163. The molecule has 1 saturated heterocycles. The van der Waals surface area contributed by atoms with Crippen LogP contribution in [0, 0.1) is 6.92 Å². The van der Waals surface area contributed by atoms with Gasteiger partial charge >= 0.3 is 5.97 Å². The average molecular weight is 330 g/mol. The number of ether oxygens (including phenoxy) is 1. The van der Waals surface area contributed by atoms with Crippen molar-refractivity contribution in [3.05, 3.63) is 30.4 Å². The van der Waals surface area contributed by atoms with Crippen molar-refractivity contribution in [2.75, 3.05) is 44.2 Å². The summed E-state index contributed by atoms with van der Waals surface area (Å²) in [5.74, 6) is 1.47. The van der Waals surface area contributed by atoms with E-state index in [4.69, 9.17) is 4.74 Å². The van der Waals surface area contributed by atoms with E-state index >= 15 is 0 Å². The Kier molecular flexibility index (Phi) is 5.05. The lowest BCUT2D eigenvalue weighted by Crippen LogP contribution is -2.48. The number of aromatic nitrogens is 4. The largest absolute Gasteiger partial charge is 0.465 e. The summed E-state index contributed by atoms with van der Waals surface area (Å²) in [4.78, 5) is 24.5. The molecule has 8 heteroatoms. The van der Waals surface area contributed by atoms with Gasteiger partial charge in [-0.15, -0.1) is 0 Å². The van der Waals surface area contributed by atoms with Crippen LogP contribution >= 0.6 is 0 Å². The predicted octanol–water partition coefficient (Wildman–Crippen LogP) is 0.656. The van der Waals surface area contributed by atoms with Crippen LogP contribution in [0.3, 0.4) is 0 Å². The number of hydrogen-bond donors (Lipinski definition) is 0. The highest BCUT2D eigenvalue weighted by atomic mass is 16.5. The Hall–Kier alpha value is -2.48. The van der Waals surface area contributed by atoms with Crippen LogP contribution in [0.1, 0.15) is 12.5 Å². The highest BCUT2D eigenvalue weighted by Crippen LogP contribution is 2.16. The molecule has 2 aromatic rings. The summed E-state index contributed by atoms with van der Waals surface area (Å²) in [5, 5.41) is 4.28. The van der Waals surface area contributed by atoms with E-state index in [0.29, 0.717) is 13.2 Å². The molecule has 24 heavy (non-hydrogen) atoms. The second kappa shape index (κ2) is 7.39. The molecular weight excluding hydrogens is 308 g/mol. The lowest BCUT2D eigenvalue weighted by molar-refractivity contribution is -0.144. The number of rotatable bonds is 5. The first kappa shape index (κ1) is 16.4. The predicted molar refractivity (Wildman–Crippen MR) is 89.2 cm³/mol. The third kappa shape index (κ3) is 3.88. The van der Waals surface area contributed by atoms with Gasteiger partial charge in [-0.2, -0.15) is 5.10 Å². The van der Waals surface area contributed by atoms with Gasteiger partial charge < -0.3 is 9.64 Å². The minimum Gasteiger partial charge on any atom is -0.465 e. The molecule has 3 heterocycles. The zero-order valence-corrected chi connectivity index (χ0v) is 14.1. The molecule has 1 fully saturated rings. The molecule has 0 aromatic carbocycles. The Morgan fingerprint density at radius 3 is 2.62 bits per heavy atom. The van der Waals surface area contributed by atoms with Gasteiger partial charge in [0.1, 0.15) is 12.1 Å². The summed E-state index contributed by atoms with van der Waals surface area (Å²) in [7, 11) is 0. The third-order valence-electron chi connectivity index (χ3n) is 3.94. The molecular formula is C16H22N6O2. The fourth-order valence-electron chi connectivity index (χ4n) is 2.70. The second-order valence-corrected chi connectivity index (χ2v) is 5.76. The second-order valence-electron chi connectivity index (χ2n) is 5.76. The van der Waals surface area contributed by atoms with Gasteiger partial charge in [-0.1, -0.05) is 0 Å².